The standard InChI is InChI=1S/C32H46N2O6/c1-22(2)19-27(30(37)38)33-29(36)25(18-12-17-23-13-8-6-9-14-23)21-28(35)26(20-24-15-10-7-11-16-24)34-31(39)40-32(3,4)5/h6-11,13-16,22,25-28,35H,12,17-21H2,1-5H3,(H,33,36)(H,34,39)(H,37,38)/t25?,26-,27+,28-/m0/s1. The van der Waals surface area contributed by atoms with Gasteiger partial charge in [0.1, 0.15) is 11.6 Å². The van der Waals surface area contributed by atoms with Gasteiger partial charge in [-0.25, -0.2) is 9.59 Å². The number of alkyl carbamates (subject to hydrolysis) is 1. The molecule has 4 atom stereocenters. The van der Waals surface area contributed by atoms with Crippen LogP contribution in [0.5, 0.6) is 0 Å². The van der Waals surface area contributed by atoms with Crippen molar-refractivity contribution in [2.45, 2.75) is 96.9 Å². The van der Waals surface area contributed by atoms with Gasteiger partial charge in [0.05, 0.1) is 12.1 Å². The maximum atomic E-state index is 13.4. The van der Waals surface area contributed by atoms with E-state index in [4.69, 9.17) is 4.74 Å². The van der Waals surface area contributed by atoms with Gasteiger partial charge in [0.2, 0.25) is 5.91 Å². The number of aliphatic hydroxyl groups excluding tert-OH is 1. The Labute approximate surface area is 238 Å². The molecule has 220 valence electrons. The van der Waals surface area contributed by atoms with E-state index in [2.05, 4.69) is 10.6 Å². The number of benzene rings is 2. The average Bonchev–Trinajstić information content (AvgIpc) is 2.87. The molecule has 0 aliphatic heterocycles. The minimum absolute atomic E-state index is 0.0575. The Kier molecular flexibility index (Phi) is 13.1. The zero-order valence-electron chi connectivity index (χ0n) is 24.4. The third-order valence-electron chi connectivity index (χ3n) is 6.54. The van der Waals surface area contributed by atoms with Crippen LogP contribution in [0.15, 0.2) is 60.7 Å². The second-order valence-corrected chi connectivity index (χ2v) is 11.8. The Bertz CT molecular complexity index is 1050. The number of rotatable bonds is 15. The quantitative estimate of drug-likeness (QED) is 0.242. The topological polar surface area (TPSA) is 125 Å². The number of carbonyl (C=O) groups is 3. The molecule has 0 saturated heterocycles. The molecule has 2 aromatic carbocycles. The summed E-state index contributed by atoms with van der Waals surface area (Å²) < 4.78 is 5.43. The van der Waals surface area contributed by atoms with E-state index in [1.54, 1.807) is 20.8 Å². The van der Waals surface area contributed by atoms with Crippen LogP contribution in [0.2, 0.25) is 0 Å². The largest absolute Gasteiger partial charge is 0.480 e. The van der Waals surface area contributed by atoms with Crippen molar-refractivity contribution in [3.63, 3.8) is 0 Å². The van der Waals surface area contributed by atoms with Crippen LogP contribution in [0.25, 0.3) is 0 Å². The van der Waals surface area contributed by atoms with Crippen molar-refractivity contribution in [3.8, 4) is 0 Å². The number of aliphatic hydroxyl groups is 1. The van der Waals surface area contributed by atoms with Crippen molar-refractivity contribution in [1.29, 1.82) is 0 Å². The molecule has 2 aromatic rings. The molecule has 40 heavy (non-hydrogen) atoms. The van der Waals surface area contributed by atoms with Crippen molar-refractivity contribution in [1.82, 2.24) is 10.6 Å². The summed E-state index contributed by atoms with van der Waals surface area (Å²) in [5.74, 6) is -2.06. The van der Waals surface area contributed by atoms with Gasteiger partial charge in [0, 0.05) is 5.92 Å². The molecule has 0 aliphatic rings. The van der Waals surface area contributed by atoms with Crippen molar-refractivity contribution in [3.05, 3.63) is 71.8 Å². The minimum atomic E-state index is -1.08. The van der Waals surface area contributed by atoms with Crippen molar-refractivity contribution < 1.29 is 29.3 Å². The SMILES string of the molecule is CC(C)C[C@@H](NC(=O)C(CCCc1ccccc1)C[C@H](O)[C@H](Cc1ccccc1)NC(=O)OC(C)(C)C)C(=O)O. The summed E-state index contributed by atoms with van der Waals surface area (Å²) in [6.45, 7) is 9.09. The Morgan fingerprint density at radius 1 is 0.875 bits per heavy atom. The highest BCUT2D eigenvalue weighted by Crippen LogP contribution is 2.21. The molecule has 8 nitrogen and oxygen atoms in total. The van der Waals surface area contributed by atoms with Gasteiger partial charge in [-0.2, -0.15) is 0 Å². The molecule has 0 heterocycles. The number of nitrogens with one attached hydrogen (secondary N) is 2. The normalized spacial score (nSPS) is 14.6. The number of ether oxygens (including phenoxy) is 1. The van der Waals surface area contributed by atoms with Crippen molar-refractivity contribution in [2.75, 3.05) is 0 Å². The van der Waals surface area contributed by atoms with E-state index in [1.807, 2.05) is 74.5 Å². The van der Waals surface area contributed by atoms with Crippen LogP contribution in [0.1, 0.15) is 71.4 Å². The van der Waals surface area contributed by atoms with E-state index in [0.717, 1.165) is 17.5 Å². The minimum Gasteiger partial charge on any atom is -0.480 e. The van der Waals surface area contributed by atoms with E-state index < -0.39 is 47.7 Å². The molecule has 1 unspecified atom stereocenters. The summed E-state index contributed by atoms with van der Waals surface area (Å²) in [5, 5.41) is 26.6. The zero-order valence-corrected chi connectivity index (χ0v) is 24.4. The smallest absolute Gasteiger partial charge is 0.407 e. The highest BCUT2D eigenvalue weighted by molar-refractivity contribution is 5.85. The number of carboxylic acids is 1. The maximum absolute atomic E-state index is 13.4. The molecule has 0 saturated carbocycles. The van der Waals surface area contributed by atoms with Crippen molar-refractivity contribution in [2.24, 2.45) is 11.8 Å². The number of carbonyl (C=O) groups excluding carboxylic acids is 2. The van der Waals surface area contributed by atoms with Gasteiger partial charge in [-0.3, -0.25) is 4.79 Å². The lowest BCUT2D eigenvalue weighted by Gasteiger charge is -2.29. The lowest BCUT2D eigenvalue weighted by atomic mass is 9.88. The van der Waals surface area contributed by atoms with Crippen LogP contribution in [0, 0.1) is 11.8 Å². The number of hydrogen-bond donors (Lipinski definition) is 4. The predicted molar refractivity (Wildman–Crippen MR) is 156 cm³/mol. The van der Waals surface area contributed by atoms with Gasteiger partial charge in [-0.05, 0) is 76.3 Å². The fourth-order valence-corrected chi connectivity index (χ4v) is 4.60. The number of aryl methyl sites for hydroxylation is 1. The van der Waals surface area contributed by atoms with Gasteiger partial charge in [0.15, 0.2) is 0 Å². The molecule has 0 radical (unpaired) electrons. The first-order chi connectivity index (χ1) is 18.8. The summed E-state index contributed by atoms with van der Waals surface area (Å²) >= 11 is 0. The van der Waals surface area contributed by atoms with E-state index in [-0.39, 0.29) is 12.3 Å². The maximum Gasteiger partial charge on any atom is 0.407 e. The van der Waals surface area contributed by atoms with Gasteiger partial charge in [-0.1, -0.05) is 74.5 Å². The number of hydrogen-bond acceptors (Lipinski definition) is 5. The van der Waals surface area contributed by atoms with E-state index in [0.29, 0.717) is 25.7 Å². The molecule has 2 rings (SSSR count). The molecular formula is C32H46N2O6. The summed E-state index contributed by atoms with van der Waals surface area (Å²) in [6, 6.07) is 17.6. The van der Waals surface area contributed by atoms with Gasteiger partial charge >= 0.3 is 12.1 Å². The van der Waals surface area contributed by atoms with E-state index >= 15 is 0 Å². The highest BCUT2D eigenvalue weighted by Gasteiger charge is 2.31. The Morgan fingerprint density at radius 3 is 1.98 bits per heavy atom. The van der Waals surface area contributed by atoms with E-state index in [9.17, 15) is 24.6 Å². The van der Waals surface area contributed by atoms with Crippen LogP contribution >= 0.6 is 0 Å². The van der Waals surface area contributed by atoms with Crippen LogP contribution in [-0.2, 0) is 27.2 Å². The molecule has 8 heteroatoms. The first-order valence-corrected chi connectivity index (χ1v) is 14.1. The Balaban J connectivity index is 2.22. The average molecular weight is 555 g/mol. The summed E-state index contributed by atoms with van der Waals surface area (Å²) in [4.78, 5) is 37.9. The third-order valence-corrected chi connectivity index (χ3v) is 6.54. The highest BCUT2D eigenvalue weighted by atomic mass is 16.6. The summed E-state index contributed by atoms with van der Waals surface area (Å²) in [6.07, 6.45) is 0.854. The zero-order chi connectivity index (χ0) is 29.7. The third kappa shape index (κ3) is 12.6. The second-order valence-electron chi connectivity index (χ2n) is 11.8. The molecule has 0 fully saturated rings. The Morgan fingerprint density at radius 2 is 1.45 bits per heavy atom. The van der Waals surface area contributed by atoms with Crippen molar-refractivity contribution >= 4 is 18.0 Å². The predicted octanol–water partition coefficient (Wildman–Crippen LogP) is 5.13. The molecule has 0 aliphatic carbocycles. The molecule has 4 N–H and O–H groups in total. The van der Waals surface area contributed by atoms with Crippen LogP contribution in [-0.4, -0.2) is 52.0 Å². The number of amides is 2. The molecular weight excluding hydrogens is 508 g/mol. The number of aliphatic carboxylic acids is 1. The number of carboxylic acid groups (broad SMARTS) is 1. The van der Waals surface area contributed by atoms with Crippen LogP contribution in [0.3, 0.4) is 0 Å². The van der Waals surface area contributed by atoms with Gasteiger partial charge < -0.3 is 25.6 Å². The van der Waals surface area contributed by atoms with Gasteiger partial charge in [-0.15, -0.1) is 0 Å². The lowest BCUT2D eigenvalue weighted by molar-refractivity contribution is -0.143. The second kappa shape index (κ2) is 16.0. The fourth-order valence-electron chi connectivity index (χ4n) is 4.60. The monoisotopic (exact) mass is 554 g/mol. The fraction of sp³-hybridized carbons (Fsp3) is 0.531. The van der Waals surface area contributed by atoms with Crippen LogP contribution < -0.4 is 10.6 Å². The van der Waals surface area contributed by atoms with E-state index in [1.165, 1.54) is 0 Å². The van der Waals surface area contributed by atoms with Gasteiger partial charge in [0.25, 0.3) is 0 Å². The first kappa shape index (κ1) is 32.8. The first-order valence-electron chi connectivity index (χ1n) is 14.1. The molecule has 0 aromatic heterocycles. The summed E-state index contributed by atoms with van der Waals surface area (Å²) in [5.41, 5.74) is 1.34. The van der Waals surface area contributed by atoms with Crippen LogP contribution in [0.4, 0.5) is 4.79 Å². The molecule has 0 spiro atoms. The Hall–Kier alpha value is -3.39. The molecule has 2 amide bonds. The summed E-state index contributed by atoms with van der Waals surface area (Å²) in [7, 11) is 0. The molecule has 0 bridgehead atoms. The lowest BCUT2D eigenvalue weighted by Crippen LogP contribution is -2.49.